The molecule has 1 atom stereocenters. The van der Waals surface area contributed by atoms with Crippen molar-refractivity contribution < 1.29 is 19.1 Å². The fourth-order valence-electron chi connectivity index (χ4n) is 2.16. The lowest BCUT2D eigenvalue weighted by molar-refractivity contribution is -0.147. The van der Waals surface area contributed by atoms with Crippen LogP contribution in [0.2, 0.25) is 0 Å². The molecule has 138 valence electrons. The molecule has 1 unspecified atom stereocenters. The number of ether oxygens (including phenoxy) is 2. The quantitative estimate of drug-likeness (QED) is 0.295. The first-order valence-corrected chi connectivity index (χ1v) is 9.33. The molecular weight excluding hydrogens is 304 g/mol. The summed E-state index contributed by atoms with van der Waals surface area (Å²) >= 11 is 0. The second-order valence-corrected chi connectivity index (χ2v) is 6.42. The molecule has 4 nitrogen and oxygen atoms in total. The molecule has 0 aliphatic rings. The average molecular weight is 338 g/mol. The number of carbonyl (C=O) groups is 2. The minimum Gasteiger partial charge on any atom is -0.466 e. The minimum atomic E-state index is -0.344. The minimum absolute atomic E-state index is 0.229. The highest BCUT2D eigenvalue weighted by Crippen LogP contribution is 2.10. The van der Waals surface area contributed by atoms with Crippen molar-refractivity contribution in [1.29, 1.82) is 0 Å². The second-order valence-electron chi connectivity index (χ2n) is 6.42. The largest absolute Gasteiger partial charge is 0.466 e. The molecule has 0 radical (unpaired) electrons. The Balaban J connectivity index is 3.91. The summed E-state index contributed by atoms with van der Waals surface area (Å²) < 4.78 is 10.5. The van der Waals surface area contributed by atoms with Crippen LogP contribution in [0.1, 0.15) is 85.5 Å². The van der Waals surface area contributed by atoms with Gasteiger partial charge in [-0.25, -0.2) is 0 Å². The van der Waals surface area contributed by atoms with E-state index >= 15 is 0 Å². The molecule has 24 heavy (non-hydrogen) atoms. The number of hydrogen-bond acceptors (Lipinski definition) is 4. The third kappa shape index (κ3) is 14.1. The van der Waals surface area contributed by atoms with Gasteiger partial charge in [0.2, 0.25) is 0 Å². The van der Waals surface area contributed by atoms with E-state index in [4.69, 9.17) is 9.47 Å². The van der Waals surface area contributed by atoms with Gasteiger partial charge in [0.1, 0.15) is 0 Å². The van der Waals surface area contributed by atoms with Crippen LogP contribution in [-0.4, -0.2) is 24.6 Å². The maximum atomic E-state index is 11.9. The van der Waals surface area contributed by atoms with Gasteiger partial charge in [-0.15, -0.1) is 0 Å². The summed E-state index contributed by atoms with van der Waals surface area (Å²) in [6.07, 6.45) is 6.42. The number of carbonyl (C=O) groups excluding carboxylic acids is 2. The molecule has 0 fully saturated rings. The van der Waals surface area contributed by atoms with E-state index in [1.807, 2.05) is 6.92 Å². The van der Waals surface area contributed by atoms with Crippen LogP contribution in [0.5, 0.6) is 0 Å². The first-order chi connectivity index (χ1) is 11.5. The predicted octanol–water partition coefficient (Wildman–Crippen LogP) is 4.65. The van der Waals surface area contributed by atoms with Crippen molar-refractivity contribution >= 4 is 11.9 Å². The lowest BCUT2D eigenvalue weighted by Crippen LogP contribution is -2.19. The van der Waals surface area contributed by atoms with Gasteiger partial charge in [-0.2, -0.15) is 0 Å². The van der Waals surface area contributed by atoms with Crippen LogP contribution >= 0.6 is 0 Å². The molecule has 4 heteroatoms. The summed E-state index contributed by atoms with van der Waals surface area (Å²) in [5, 5.41) is 0. The summed E-state index contributed by atoms with van der Waals surface area (Å²) in [6.45, 7) is 8.74. The van der Waals surface area contributed by atoms with Gasteiger partial charge in [0, 0.05) is 19.3 Å². The Morgan fingerprint density at radius 3 is 2.29 bits per heavy atom. The van der Waals surface area contributed by atoms with Crippen LogP contribution in [0.4, 0.5) is 0 Å². The van der Waals surface area contributed by atoms with E-state index in [-0.39, 0.29) is 30.9 Å². The van der Waals surface area contributed by atoms with Crippen LogP contribution < -0.4 is 0 Å². The fraction of sp³-hybridized carbons (Fsp3) is 0.800. The van der Waals surface area contributed by atoms with Gasteiger partial charge in [0.05, 0.1) is 6.61 Å². The summed E-state index contributed by atoms with van der Waals surface area (Å²) in [7, 11) is 0. The van der Waals surface area contributed by atoms with Crippen molar-refractivity contribution in [2.24, 2.45) is 5.92 Å². The van der Waals surface area contributed by atoms with Crippen molar-refractivity contribution in [3.63, 3.8) is 0 Å². The van der Waals surface area contributed by atoms with Crippen LogP contribution in [0.15, 0.2) is 0 Å². The normalized spacial score (nSPS) is 11.5. The molecule has 0 rings (SSSR count). The highest BCUT2D eigenvalue weighted by Gasteiger charge is 2.14. The summed E-state index contributed by atoms with van der Waals surface area (Å²) in [6, 6.07) is 0. The van der Waals surface area contributed by atoms with Crippen molar-refractivity contribution in [3.8, 4) is 11.8 Å². The molecule has 0 spiro atoms. The molecular formula is C20H34O4. The summed E-state index contributed by atoms with van der Waals surface area (Å²) in [5.41, 5.74) is 0. The maximum Gasteiger partial charge on any atom is 0.307 e. The van der Waals surface area contributed by atoms with E-state index in [9.17, 15) is 9.59 Å². The molecule has 0 saturated carbocycles. The number of unbranched alkanes of at least 4 members (excludes halogenated alkanes) is 3. The smallest absolute Gasteiger partial charge is 0.307 e. The summed E-state index contributed by atoms with van der Waals surface area (Å²) in [4.78, 5) is 23.4. The van der Waals surface area contributed by atoms with Crippen LogP contribution in [0, 0.1) is 17.8 Å². The Kier molecular flexibility index (Phi) is 14.1. The zero-order chi connectivity index (χ0) is 18.2. The Morgan fingerprint density at radius 1 is 0.958 bits per heavy atom. The Labute approximate surface area is 147 Å². The van der Waals surface area contributed by atoms with Crippen LogP contribution in [-0.2, 0) is 19.1 Å². The highest BCUT2D eigenvalue weighted by molar-refractivity contribution is 5.72. The number of hydrogen-bond donors (Lipinski definition) is 0. The molecule has 0 aromatic rings. The monoisotopic (exact) mass is 338 g/mol. The van der Waals surface area contributed by atoms with Gasteiger partial charge < -0.3 is 9.47 Å². The number of esters is 2. The third-order valence-electron chi connectivity index (χ3n) is 3.42. The molecule has 0 amide bonds. The van der Waals surface area contributed by atoms with Crippen molar-refractivity contribution in [2.45, 2.75) is 91.6 Å². The van der Waals surface area contributed by atoms with Gasteiger partial charge in [-0.3, -0.25) is 9.59 Å². The Hall–Kier alpha value is -1.50. The van der Waals surface area contributed by atoms with E-state index in [2.05, 4.69) is 32.6 Å². The molecule has 0 bridgehead atoms. The molecule has 0 N–H and O–H groups in total. The van der Waals surface area contributed by atoms with E-state index in [0.29, 0.717) is 18.9 Å². The van der Waals surface area contributed by atoms with Gasteiger partial charge >= 0.3 is 11.9 Å². The van der Waals surface area contributed by atoms with Gasteiger partial charge in [-0.1, -0.05) is 58.8 Å². The third-order valence-corrected chi connectivity index (χ3v) is 3.42. The Bertz CT molecular complexity index is 404. The SMILES string of the molecule is CCC#CC(CC(C)C)OC(=O)CCCC(=O)OCCCCCC. The average Bonchev–Trinajstić information content (AvgIpc) is 2.51. The van der Waals surface area contributed by atoms with Gasteiger partial charge in [0.25, 0.3) is 0 Å². The lowest BCUT2D eigenvalue weighted by atomic mass is 10.1. The second kappa shape index (κ2) is 15.1. The van der Waals surface area contributed by atoms with Crippen molar-refractivity contribution in [3.05, 3.63) is 0 Å². The molecule has 0 aromatic carbocycles. The van der Waals surface area contributed by atoms with E-state index in [1.165, 1.54) is 6.42 Å². The summed E-state index contributed by atoms with van der Waals surface area (Å²) in [5.74, 6) is 5.85. The maximum absolute atomic E-state index is 11.9. The zero-order valence-corrected chi connectivity index (χ0v) is 15.9. The first-order valence-electron chi connectivity index (χ1n) is 9.33. The molecule has 0 saturated heterocycles. The van der Waals surface area contributed by atoms with E-state index in [0.717, 1.165) is 32.1 Å². The van der Waals surface area contributed by atoms with Gasteiger partial charge in [-0.05, 0) is 25.2 Å². The molecule has 0 aliphatic carbocycles. The van der Waals surface area contributed by atoms with Crippen LogP contribution in [0.25, 0.3) is 0 Å². The predicted molar refractivity (Wildman–Crippen MR) is 96.4 cm³/mol. The standard InChI is InChI=1S/C20H34O4/c1-5-7-9-10-15-23-19(21)13-11-14-20(22)24-18(12-8-6-2)16-17(3)4/h17-18H,5-7,9-11,13-16H2,1-4H3. The van der Waals surface area contributed by atoms with Gasteiger partial charge in [0.15, 0.2) is 6.10 Å². The van der Waals surface area contributed by atoms with Crippen LogP contribution in [0.3, 0.4) is 0 Å². The van der Waals surface area contributed by atoms with Crippen molar-refractivity contribution in [2.75, 3.05) is 6.61 Å². The number of rotatable bonds is 12. The Morgan fingerprint density at radius 2 is 1.67 bits per heavy atom. The molecule has 0 aliphatic heterocycles. The lowest BCUT2D eigenvalue weighted by Gasteiger charge is -2.14. The molecule has 0 aromatic heterocycles. The highest BCUT2D eigenvalue weighted by atomic mass is 16.5. The topological polar surface area (TPSA) is 52.6 Å². The van der Waals surface area contributed by atoms with Crippen molar-refractivity contribution in [1.82, 2.24) is 0 Å². The molecule has 0 heterocycles. The van der Waals surface area contributed by atoms with E-state index < -0.39 is 0 Å². The fourth-order valence-corrected chi connectivity index (χ4v) is 2.16. The van der Waals surface area contributed by atoms with E-state index in [1.54, 1.807) is 0 Å². The first kappa shape index (κ1) is 22.5. The zero-order valence-electron chi connectivity index (χ0n) is 15.9.